The van der Waals surface area contributed by atoms with Crippen LogP contribution in [0, 0.1) is 23.7 Å². The van der Waals surface area contributed by atoms with Crippen LogP contribution in [-0.4, -0.2) is 4.57 Å². The summed E-state index contributed by atoms with van der Waals surface area (Å²) in [5, 5.41) is 2.56. The predicted octanol–water partition coefficient (Wildman–Crippen LogP) is 5.12. The molecule has 1 heterocycles. The van der Waals surface area contributed by atoms with E-state index in [1.54, 1.807) is 0 Å². The van der Waals surface area contributed by atoms with Gasteiger partial charge >= 0.3 is 0 Å². The Balaban J connectivity index is 2.44. The monoisotopic (exact) mass is 285 g/mol. The van der Waals surface area contributed by atoms with Crippen LogP contribution < -0.4 is 0 Å². The molecule has 22 heavy (non-hydrogen) atoms. The molecule has 3 aromatic rings. The summed E-state index contributed by atoms with van der Waals surface area (Å²) in [7, 11) is 0. The quantitative estimate of drug-likeness (QED) is 0.547. The van der Waals surface area contributed by atoms with Crippen molar-refractivity contribution in [3.05, 3.63) is 47.5 Å². The number of hydrogen-bond donors (Lipinski definition) is 0. The van der Waals surface area contributed by atoms with Gasteiger partial charge in [0.15, 0.2) is 0 Å². The van der Waals surface area contributed by atoms with Gasteiger partial charge in [-0.05, 0) is 52.0 Å². The molecule has 0 saturated heterocycles. The molecule has 0 fully saturated rings. The van der Waals surface area contributed by atoms with Gasteiger partial charge in [0.1, 0.15) is 0 Å². The fourth-order valence-corrected chi connectivity index (χ4v) is 3.05. The second-order valence-corrected chi connectivity index (χ2v) is 5.68. The van der Waals surface area contributed by atoms with Gasteiger partial charge in [0.05, 0.1) is 11.0 Å². The molecule has 0 spiro atoms. The molecule has 1 aromatic heterocycles. The SMILES string of the molecule is CC#Cc1ccc2c3ccc(C#CC)cc3n(C(C)C)c2c1. The van der Waals surface area contributed by atoms with Crippen LogP contribution in [0.4, 0.5) is 0 Å². The lowest BCUT2D eigenvalue weighted by molar-refractivity contribution is 0.642. The first-order chi connectivity index (χ1) is 10.7. The lowest BCUT2D eigenvalue weighted by Gasteiger charge is -2.11. The summed E-state index contributed by atoms with van der Waals surface area (Å²) in [6, 6.07) is 13.3. The highest BCUT2D eigenvalue weighted by Gasteiger charge is 2.13. The zero-order chi connectivity index (χ0) is 15.7. The van der Waals surface area contributed by atoms with Crippen molar-refractivity contribution in [3.63, 3.8) is 0 Å². The number of hydrogen-bond acceptors (Lipinski definition) is 0. The van der Waals surface area contributed by atoms with Gasteiger partial charge in [-0.3, -0.25) is 0 Å². The maximum absolute atomic E-state index is 3.16. The first-order valence-electron chi connectivity index (χ1n) is 7.59. The van der Waals surface area contributed by atoms with Crippen molar-refractivity contribution in [1.82, 2.24) is 4.57 Å². The molecule has 1 nitrogen and oxygen atoms in total. The van der Waals surface area contributed by atoms with Crippen LogP contribution in [0.3, 0.4) is 0 Å². The normalized spacial score (nSPS) is 10.4. The van der Waals surface area contributed by atoms with Gasteiger partial charge in [0.25, 0.3) is 0 Å². The molecule has 0 atom stereocenters. The van der Waals surface area contributed by atoms with Crippen molar-refractivity contribution in [2.45, 2.75) is 33.7 Å². The zero-order valence-corrected chi connectivity index (χ0v) is 13.5. The second-order valence-electron chi connectivity index (χ2n) is 5.68. The van der Waals surface area contributed by atoms with Crippen molar-refractivity contribution in [3.8, 4) is 23.7 Å². The molecule has 1 heteroatoms. The molecule has 2 aromatic carbocycles. The minimum absolute atomic E-state index is 0.384. The van der Waals surface area contributed by atoms with E-state index in [9.17, 15) is 0 Å². The van der Waals surface area contributed by atoms with Gasteiger partial charge in [-0.1, -0.05) is 24.0 Å². The van der Waals surface area contributed by atoms with Crippen LogP contribution in [0.15, 0.2) is 36.4 Å². The van der Waals surface area contributed by atoms with Gasteiger partial charge in [-0.15, -0.1) is 11.8 Å². The summed E-state index contributed by atoms with van der Waals surface area (Å²) in [6.45, 7) is 8.18. The van der Waals surface area contributed by atoms with Gasteiger partial charge in [0.2, 0.25) is 0 Å². The lowest BCUT2D eigenvalue weighted by atomic mass is 10.1. The Morgan fingerprint density at radius 2 is 1.23 bits per heavy atom. The highest BCUT2D eigenvalue weighted by Crippen LogP contribution is 2.32. The Labute approximate surface area is 131 Å². The van der Waals surface area contributed by atoms with Crippen LogP contribution in [0.25, 0.3) is 21.8 Å². The molecule has 108 valence electrons. The van der Waals surface area contributed by atoms with E-state index < -0.39 is 0 Å². The molecule has 0 unspecified atom stereocenters. The van der Waals surface area contributed by atoms with Crippen molar-refractivity contribution < 1.29 is 0 Å². The molecule has 0 bridgehead atoms. The predicted molar refractivity (Wildman–Crippen MR) is 94.9 cm³/mol. The minimum Gasteiger partial charge on any atom is -0.338 e. The number of rotatable bonds is 1. The van der Waals surface area contributed by atoms with E-state index >= 15 is 0 Å². The molecule has 3 rings (SSSR count). The van der Waals surface area contributed by atoms with Crippen molar-refractivity contribution in [2.75, 3.05) is 0 Å². The summed E-state index contributed by atoms with van der Waals surface area (Å²) in [4.78, 5) is 0. The smallest absolute Gasteiger partial charge is 0.0506 e. The fraction of sp³-hybridized carbons (Fsp3) is 0.238. The average Bonchev–Trinajstić information content (AvgIpc) is 2.80. The van der Waals surface area contributed by atoms with E-state index in [0.29, 0.717) is 6.04 Å². The molecule has 0 saturated carbocycles. The van der Waals surface area contributed by atoms with Crippen molar-refractivity contribution in [2.24, 2.45) is 0 Å². The van der Waals surface area contributed by atoms with E-state index in [-0.39, 0.29) is 0 Å². The highest BCUT2D eigenvalue weighted by molar-refractivity contribution is 6.08. The van der Waals surface area contributed by atoms with Crippen LogP contribution >= 0.6 is 0 Å². The summed E-state index contributed by atoms with van der Waals surface area (Å²) in [5.41, 5.74) is 4.61. The topological polar surface area (TPSA) is 4.93 Å². The van der Waals surface area contributed by atoms with Gasteiger partial charge in [0, 0.05) is 27.9 Å². The fourth-order valence-electron chi connectivity index (χ4n) is 3.05. The maximum Gasteiger partial charge on any atom is 0.0506 e. The maximum atomic E-state index is 3.16. The van der Waals surface area contributed by atoms with Gasteiger partial charge < -0.3 is 4.57 Å². The molecule has 0 amide bonds. The number of nitrogens with zero attached hydrogens (tertiary/aromatic N) is 1. The average molecular weight is 285 g/mol. The third kappa shape index (κ3) is 2.26. The number of fused-ring (bicyclic) bond motifs is 3. The molecule has 0 N–H and O–H groups in total. The van der Waals surface area contributed by atoms with Gasteiger partial charge in [-0.25, -0.2) is 0 Å². The largest absolute Gasteiger partial charge is 0.338 e. The molecular formula is C21H19N. The molecule has 0 aliphatic heterocycles. The van der Waals surface area contributed by atoms with E-state index in [0.717, 1.165) is 11.1 Å². The Kier molecular flexibility index (Phi) is 3.66. The lowest BCUT2D eigenvalue weighted by Crippen LogP contribution is -2.00. The standard InChI is InChI=1S/C21H19N/c1-5-7-16-9-11-18-19-12-10-17(8-6-2)14-21(19)22(15(3)4)20(18)13-16/h9-15H,1-4H3. The van der Waals surface area contributed by atoms with Crippen molar-refractivity contribution in [1.29, 1.82) is 0 Å². The Bertz CT molecular complexity index is 902. The highest BCUT2D eigenvalue weighted by atomic mass is 15.0. The van der Waals surface area contributed by atoms with Crippen LogP contribution in [0.5, 0.6) is 0 Å². The first-order valence-corrected chi connectivity index (χ1v) is 7.59. The van der Waals surface area contributed by atoms with Gasteiger partial charge in [-0.2, -0.15) is 0 Å². The number of benzene rings is 2. The van der Waals surface area contributed by atoms with E-state index in [1.165, 1.54) is 21.8 Å². The third-order valence-corrected chi connectivity index (χ3v) is 3.86. The third-order valence-electron chi connectivity index (χ3n) is 3.86. The van der Waals surface area contributed by atoms with Crippen LogP contribution in [0.2, 0.25) is 0 Å². The van der Waals surface area contributed by atoms with E-state index in [4.69, 9.17) is 0 Å². The molecular weight excluding hydrogens is 266 g/mol. The summed E-state index contributed by atoms with van der Waals surface area (Å²) < 4.78 is 2.38. The Morgan fingerprint density at radius 1 is 0.773 bits per heavy atom. The molecule has 0 radical (unpaired) electrons. The first kappa shape index (κ1) is 14.3. The van der Waals surface area contributed by atoms with E-state index in [1.807, 2.05) is 13.8 Å². The Morgan fingerprint density at radius 3 is 1.59 bits per heavy atom. The molecule has 0 aliphatic rings. The number of aromatic nitrogens is 1. The zero-order valence-electron chi connectivity index (χ0n) is 13.5. The summed E-state index contributed by atoms with van der Waals surface area (Å²) in [6.07, 6.45) is 0. The van der Waals surface area contributed by atoms with Crippen LogP contribution in [0.1, 0.15) is 44.9 Å². The minimum atomic E-state index is 0.384. The Hall–Kier alpha value is -2.64. The molecule has 0 aliphatic carbocycles. The van der Waals surface area contributed by atoms with Crippen molar-refractivity contribution >= 4 is 21.8 Å². The van der Waals surface area contributed by atoms with E-state index in [2.05, 4.69) is 78.5 Å². The second kappa shape index (κ2) is 5.63. The van der Waals surface area contributed by atoms with Crippen LogP contribution in [-0.2, 0) is 0 Å². The summed E-state index contributed by atoms with van der Waals surface area (Å²) >= 11 is 0. The summed E-state index contributed by atoms with van der Waals surface area (Å²) in [5.74, 6) is 12.3.